The zero-order valence-electron chi connectivity index (χ0n) is 18.0. The molecule has 0 unspecified atom stereocenters. The van der Waals surface area contributed by atoms with Crippen molar-refractivity contribution in [1.82, 2.24) is 10.2 Å². The number of benzene rings is 1. The maximum absolute atomic E-state index is 12.7. The number of hydrogen-bond donors (Lipinski definition) is 2. The Morgan fingerprint density at radius 1 is 1.10 bits per heavy atom. The fourth-order valence-corrected chi connectivity index (χ4v) is 3.39. The first-order chi connectivity index (χ1) is 13.9. The van der Waals surface area contributed by atoms with Crippen molar-refractivity contribution in [3.05, 3.63) is 12.1 Å². The minimum absolute atomic E-state index is 0.0969. The van der Waals surface area contributed by atoms with Crippen LogP contribution in [0.25, 0.3) is 0 Å². The van der Waals surface area contributed by atoms with Gasteiger partial charge >= 0.3 is 6.03 Å². The van der Waals surface area contributed by atoms with Gasteiger partial charge in [-0.2, -0.15) is 0 Å². The summed E-state index contributed by atoms with van der Waals surface area (Å²) in [5.74, 6) is 1.84. The molecule has 162 valence electrons. The molecule has 1 atom stereocenters. The summed E-state index contributed by atoms with van der Waals surface area (Å²) in [6.07, 6.45) is 3.07. The van der Waals surface area contributed by atoms with Crippen molar-refractivity contribution in [2.75, 3.05) is 39.7 Å². The van der Waals surface area contributed by atoms with E-state index >= 15 is 0 Å². The van der Waals surface area contributed by atoms with Gasteiger partial charge in [0.15, 0.2) is 11.5 Å². The van der Waals surface area contributed by atoms with Gasteiger partial charge in [0.1, 0.15) is 0 Å². The van der Waals surface area contributed by atoms with Crippen LogP contribution in [0.1, 0.15) is 39.5 Å². The molecule has 0 aliphatic carbocycles. The Balaban J connectivity index is 1.91. The van der Waals surface area contributed by atoms with Crippen LogP contribution in [0.3, 0.4) is 0 Å². The molecule has 3 amide bonds. The normalized spacial score (nSPS) is 15.4. The van der Waals surface area contributed by atoms with E-state index in [1.807, 2.05) is 6.92 Å². The molecule has 1 heterocycles. The Labute approximate surface area is 172 Å². The van der Waals surface area contributed by atoms with Crippen molar-refractivity contribution >= 4 is 17.6 Å². The summed E-state index contributed by atoms with van der Waals surface area (Å²) in [6, 6.07) is 3.42. The lowest BCUT2D eigenvalue weighted by atomic mass is 9.93. The predicted octanol–water partition coefficient (Wildman–Crippen LogP) is 3.26. The average molecular weight is 408 g/mol. The van der Waals surface area contributed by atoms with Crippen LogP contribution in [0.4, 0.5) is 10.5 Å². The van der Waals surface area contributed by atoms with Gasteiger partial charge in [0.25, 0.3) is 0 Å². The Bertz CT molecular complexity index is 677. The van der Waals surface area contributed by atoms with Gasteiger partial charge in [0.2, 0.25) is 11.7 Å². The number of carbonyl (C=O) groups is 2. The lowest BCUT2D eigenvalue weighted by molar-refractivity contribution is -0.122. The number of anilines is 1. The zero-order chi connectivity index (χ0) is 21.4. The number of hydrogen-bond acceptors (Lipinski definition) is 5. The van der Waals surface area contributed by atoms with Crippen molar-refractivity contribution in [3.8, 4) is 17.2 Å². The standard InChI is InChI=1S/C21H33N3O5/c1-6-14(2)22-19(25)11-15-7-9-24(10-8-15)21(26)23-16-12-17(27-3)20(29-5)18(13-16)28-4/h12-15H,6-11H2,1-5H3,(H,22,25)(H,23,26)/t14-/m1/s1. The number of carbonyl (C=O) groups excluding carboxylic acids is 2. The lowest BCUT2D eigenvalue weighted by Crippen LogP contribution is -2.42. The molecule has 8 nitrogen and oxygen atoms in total. The van der Waals surface area contributed by atoms with Crippen molar-refractivity contribution in [1.29, 1.82) is 0 Å². The van der Waals surface area contributed by atoms with Crippen molar-refractivity contribution < 1.29 is 23.8 Å². The van der Waals surface area contributed by atoms with E-state index in [4.69, 9.17) is 14.2 Å². The molecule has 0 aromatic heterocycles. The second kappa shape index (κ2) is 10.8. The molecule has 0 bridgehead atoms. The first-order valence-corrected chi connectivity index (χ1v) is 10.1. The van der Waals surface area contributed by atoms with Gasteiger partial charge in [-0.15, -0.1) is 0 Å². The number of nitrogens with one attached hydrogen (secondary N) is 2. The summed E-state index contributed by atoms with van der Waals surface area (Å²) >= 11 is 0. The van der Waals surface area contributed by atoms with E-state index in [-0.39, 0.29) is 18.0 Å². The highest BCUT2D eigenvalue weighted by atomic mass is 16.5. The van der Waals surface area contributed by atoms with E-state index in [1.165, 1.54) is 21.3 Å². The Kier molecular flexibility index (Phi) is 8.42. The average Bonchev–Trinajstić information content (AvgIpc) is 2.73. The Morgan fingerprint density at radius 2 is 1.69 bits per heavy atom. The van der Waals surface area contributed by atoms with Crippen molar-refractivity contribution in [3.63, 3.8) is 0 Å². The van der Waals surface area contributed by atoms with Gasteiger partial charge in [-0.1, -0.05) is 6.92 Å². The molecule has 0 radical (unpaired) electrons. The van der Waals surface area contributed by atoms with E-state index in [0.29, 0.717) is 48.4 Å². The summed E-state index contributed by atoms with van der Waals surface area (Å²) in [5, 5.41) is 5.90. The second-order valence-electron chi connectivity index (χ2n) is 7.36. The molecular weight excluding hydrogens is 374 g/mol. The largest absolute Gasteiger partial charge is 0.493 e. The summed E-state index contributed by atoms with van der Waals surface area (Å²) in [4.78, 5) is 26.5. The van der Waals surface area contributed by atoms with Crippen LogP contribution in [0.2, 0.25) is 0 Å². The highest BCUT2D eigenvalue weighted by molar-refractivity contribution is 5.90. The van der Waals surface area contributed by atoms with Crippen LogP contribution >= 0.6 is 0 Å². The van der Waals surface area contributed by atoms with Gasteiger partial charge in [0.05, 0.1) is 27.0 Å². The van der Waals surface area contributed by atoms with Gasteiger partial charge in [-0.25, -0.2) is 4.79 Å². The maximum atomic E-state index is 12.7. The van der Waals surface area contributed by atoms with E-state index in [1.54, 1.807) is 17.0 Å². The highest BCUT2D eigenvalue weighted by Crippen LogP contribution is 2.40. The van der Waals surface area contributed by atoms with Crippen LogP contribution in [0, 0.1) is 5.92 Å². The van der Waals surface area contributed by atoms with E-state index < -0.39 is 0 Å². The number of ether oxygens (including phenoxy) is 3. The molecular formula is C21H33N3O5. The lowest BCUT2D eigenvalue weighted by Gasteiger charge is -2.32. The SMILES string of the molecule is CC[C@@H](C)NC(=O)CC1CCN(C(=O)Nc2cc(OC)c(OC)c(OC)c2)CC1. The summed E-state index contributed by atoms with van der Waals surface area (Å²) < 4.78 is 16.0. The van der Waals surface area contributed by atoms with E-state index in [0.717, 1.165) is 19.3 Å². The number of urea groups is 1. The highest BCUT2D eigenvalue weighted by Gasteiger charge is 2.25. The predicted molar refractivity (Wildman–Crippen MR) is 112 cm³/mol. The van der Waals surface area contributed by atoms with Crippen LogP contribution in [-0.2, 0) is 4.79 Å². The number of methoxy groups -OCH3 is 3. The molecule has 1 aliphatic rings. The molecule has 29 heavy (non-hydrogen) atoms. The number of likely N-dealkylation sites (tertiary alicyclic amines) is 1. The second-order valence-corrected chi connectivity index (χ2v) is 7.36. The van der Waals surface area contributed by atoms with Crippen LogP contribution in [0.5, 0.6) is 17.2 Å². The molecule has 8 heteroatoms. The first kappa shape index (κ1) is 22.6. The third kappa shape index (κ3) is 6.17. The van der Waals surface area contributed by atoms with Gasteiger partial charge in [-0.3, -0.25) is 4.79 Å². The number of piperidine rings is 1. The molecule has 1 fully saturated rings. The molecule has 2 rings (SSSR count). The smallest absolute Gasteiger partial charge is 0.321 e. The summed E-state index contributed by atoms with van der Waals surface area (Å²) in [6.45, 7) is 5.30. The summed E-state index contributed by atoms with van der Waals surface area (Å²) in [5.41, 5.74) is 0.569. The van der Waals surface area contributed by atoms with Gasteiger partial charge < -0.3 is 29.7 Å². The number of nitrogens with zero attached hydrogens (tertiary/aromatic N) is 1. The Hall–Kier alpha value is -2.64. The minimum atomic E-state index is -0.179. The number of amides is 3. The molecule has 1 saturated heterocycles. The quantitative estimate of drug-likeness (QED) is 0.690. The molecule has 0 spiro atoms. The van der Waals surface area contributed by atoms with Gasteiger partial charge in [0, 0.05) is 37.7 Å². The molecule has 0 saturated carbocycles. The zero-order valence-corrected chi connectivity index (χ0v) is 18.0. The fourth-order valence-electron chi connectivity index (χ4n) is 3.39. The van der Waals surface area contributed by atoms with Crippen LogP contribution < -0.4 is 24.8 Å². The topological polar surface area (TPSA) is 89.1 Å². The molecule has 2 N–H and O–H groups in total. The fraction of sp³-hybridized carbons (Fsp3) is 0.619. The van der Waals surface area contributed by atoms with E-state index in [2.05, 4.69) is 17.6 Å². The molecule has 1 aromatic carbocycles. The Morgan fingerprint density at radius 3 is 2.17 bits per heavy atom. The first-order valence-electron chi connectivity index (χ1n) is 10.1. The van der Waals surface area contributed by atoms with Crippen LogP contribution in [0.15, 0.2) is 12.1 Å². The van der Waals surface area contributed by atoms with E-state index in [9.17, 15) is 9.59 Å². The third-order valence-electron chi connectivity index (χ3n) is 5.31. The van der Waals surface area contributed by atoms with Crippen LogP contribution in [-0.4, -0.2) is 57.3 Å². The number of rotatable bonds is 8. The maximum Gasteiger partial charge on any atom is 0.321 e. The van der Waals surface area contributed by atoms with Crippen molar-refractivity contribution in [2.24, 2.45) is 5.92 Å². The molecule has 1 aliphatic heterocycles. The molecule has 1 aromatic rings. The summed E-state index contributed by atoms with van der Waals surface area (Å²) in [7, 11) is 4.60. The monoisotopic (exact) mass is 407 g/mol. The van der Waals surface area contributed by atoms with Crippen molar-refractivity contribution in [2.45, 2.75) is 45.6 Å². The minimum Gasteiger partial charge on any atom is -0.493 e. The van der Waals surface area contributed by atoms with Gasteiger partial charge in [-0.05, 0) is 32.1 Å². The third-order valence-corrected chi connectivity index (χ3v) is 5.31.